The number of hydrogen-bond acceptors (Lipinski definition) is 3. The quantitative estimate of drug-likeness (QED) is 0.683. The fourth-order valence-electron chi connectivity index (χ4n) is 1.42. The first-order chi connectivity index (χ1) is 7.91. The summed E-state index contributed by atoms with van der Waals surface area (Å²) in [6.07, 6.45) is 0. The van der Waals surface area contributed by atoms with Gasteiger partial charge in [-0.1, -0.05) is 19.9 Å². The zero-order valence-electron chi connectivity index (χ0n) is 9.81. The van der Waals surface area contributed by atoms with Crippen LogP contribution in [0, 0.1) is 5.92 Å². The molecule has 1 atom stereocenters. The highest BCUT2D eigenvalue weighted by Gasteiger charge is 2.23. The van der Waals surface area contributed by atoms with Gasteiger partial charge in [0.25, 0.3) is 5.91 Å². The Balaban J connectivity index is 2.81. The molecule has 0 saturated heterocycles. The van der Waals surface area contributed by atoms with Gasteiger partial charge in [0, 0.05) is 11.3 Å². The van der Waals surface area contributed by atoms with E-state index in [0.29, 0.717) is 11.3 Å². The predicted octanol–water partition coefficient (Wildman–Crippen LogP) is 1.11. The minimum Gasteiger partial charge on any atom is -0.480 e. The maximum Gasteiger partial charge on any atom is 0.326 e. The monoisotopic (exact) mass is 236 g/mol. The zero-order chi connectivity index (χ0) is 13.0. The van der Waals surface area contributed by atoms with Crippen molar-refractivity contribution in [3.8, 4) is 0 Å². The third-order valence-corrected chi connectivity index (χ3v) is 2.37. The summed E-state index contributed by atoms with van der Waals surface area (Å²) in [6.45, 7) is 3.47. The summed E-state index contributed by atoms with van der Waals surface area (Å²) < 4.78 is 0. The molecule has 0 aliphatic heterocycles. The number of aliphatic carboxylic acids is 1. The number of nitrogens with one attached hydrogen (secondary N) is 1. The van der Waals surface area contributed by atoms with Gasteiger partial charge in [0.15, 0.2) is 0 Å². The Morgan fingerprint density at radius 1 is 1.35 bits per heavy atom. The summed E-state index contributed by atoms with van der Waals surface area (Å²) >= 11 is 0. The molecule has 0 aliphatic rings. The van der Waals surface area contributed by atoms with Crippen molar-refractivity contribution in [1.82, 2.24) is 5.32 Å². The van der Waals surface area contributed by atoms with Crippen molar-refractivity contribution in [3.63, 3.8) is 0 Å². The Morgan fingerprint density at radius 3 is 2.47 bits per heavy atom. The molecular weight excluding hydrogens is 220 g/mol. The molecule has 0 aliphatic carbocycles. The first-order valence-electron chi connectivity index (χ1n) is 5.31. The molecule has 17 heavy (non-hydrogen) atoms. The minimum atomic E-state index is -1.04. The van der Waals surface area contributed by atoms with Crippen LogP contribution < -0.4 is 11.1 Å². The lowest BCUT2D eigenvalue weighted by molar-refractivity contribution is -0.140. The lowest BCUT2D eigenvalue weighted by atomic mass is 10.0. The van der Waals surface area contributed by atoms with Crippen LogP contribution in [-0.2, 0) is 4.79 Å². The summed E-state index contributed by atoms with van der Waals surface area (Å²) in [5, 5.41) is 11.4. The number of amides is 1. The number of anilines is 1. The van der Waals surface area contributed by atoms with Crippen molar-refractivity contribution in [3.05, 3.63) is 29.8 Å². The number of carbonyl (C=O) groups is 2. The standard InChI is InChI=1S/C12H16N2O3/c1-7(2)10(12(16)17)14-11(15)8-4-3-5-9(13)6-8/h3-7,10H,13H2,1-2H3,(H,14,15)(H,16,17)/t10-/m1/s1. The van der Waals surface area contributed by atoms with E-state index in [2.05, 4.69) is 5.32 Å². The third-order valence-electron chi connectivity index (χ3n) is 2.37. The van der Waals surface area contributed by atoms with E-state index in [0.717, 1.165) is 0 Å². The molecule has 0 bridgehead atoms. The molecule has 0 unspecified atom stereocenters. The number of benzene rings is 1. The van der Waals surface area contributed by atoms with E-state index >= 15 is 0 Å². The SMILES string of the molecule is CC(C)[C@@H](NC(=O)c1cccc(N)c1)C(=O)O. The third kappa shape index (κ3) is 3.48. The normalized spacial score (nSPS) is 12.2. The van der Waals surface area contributed by atoms with Crippen LogP contribution in [0.4, 0.5) is 5.69 Å². The highest BCUT2D eigenvalue weighted by Crippen LogP contribution is 2.08. The Kier molecular flexibility index (Phi) is 4.09. The van der Waals surface area contributed by atoms with Crippen molar-refractivity contribution in [2.45, 2.75) is 19.9 Å². The van der Waals surface area contributed by atoms with Gasteiger partial charge in [-0.3, -0.25) is 4.79 Å². The number of nitrogen functional groups attached to an aromatic ring is 1. The number of rotatable bonds is 4. The van der Waals surface area contributed by atoms with E-state index in [1.807, 2.05) is 0 Å². The predicted molar refractivity (Wildman–Crippen MR) is 64.6 cm³/mol. The average molecular weight is 236 g/mol. The molecule has 1 aromatic carbocycles. The molecule has 5 heteroatoms. The minimum absolute atomic E-state index is 0.183. The van der Waals surface area contributed by atoms with Gasteiger partial charge in [-0.05, 0) is 24.1 Å². The van der Waals surface area contributed by atoms with E-state index in [1.165, 1.54) is 6.07 Å². The number of nitrogens with two attached hydrogens (primary N) is 1. The van der Waals surface area contributed by atoms with E-state index in [4.69, 9.17) is 10.8 Å². The number of hydrogen-bond donors (Lipinski definition) is 3. The molecule has 0 spiro atoms. The molecule has 92 valence electrons. The van der Waals surface area contributed by atoms with Crippen LogP contribution in [0.15, 0.2) is 24.3 Å². The Hall–Kier alpha value is -2.04. The van der Waals surface area contributed by atoms with Crippen molar-refractivity contribution in [2.75, 3.05) is 5.73 Å². The van der Waals surface area contributed by atoms with E-state index in [-0.39, 0.29) is 5.92 Å². The van der Waals surface area contributed by atoms with Crippen LogP contribution >= 0.6 is 0 Å². The highest BCUT2D eigenvalue weighted by molar-refractivity contribution is 5.97. The molecule has 0 saturated carbocycles. The maximum atomic E-state index is 11.8. The summed E-state index contributed by atoms with van der Waals surface area (Å²) in [7, 11) is 0. The average Bonchev–Trinajstić information content (AvgIpc) is 2.24. The molecule has 1 rings (SSSR count). The summed E-state index contributed by atoms with van der Waals surface area (Å²) in [5.41, 5.74) is 6.38. The molecule has 0 fully saturated rings. The van der Waals surface area contributed by atoms with Gasteiger partial charge in [0.2, 0.25) is 0 Å². The van der Waals surface area contributed by atoms with Crippen LogP contribution in [-0.4, -0.2) is 23.0 Å². The van der Waals surface area contributed by atoms with Gasteiger partial charge < -0.3 is 16.2 Å². The van der Waals surface area contributed by atoms with Crippen LogP contribution in [0.5, 0.6) is 0 Å². The number of carboxylic acids is 1. The number of carboxylic acid groups (broad SMARTS) is 1. The lowest BCUT2D eigenvalue weighted by Gasteiger charge is -2.17. The van der Waals surface area contributed by atoms with Gasteiger partial charge in [-0.25, -0.2) is 4.79 Å². The second-order valence-corrected chi connectivity index (χ2v) is 4.16. The van der Waals surface area contributed by atoms with Crippen LogP contribution in [0.25, 0.3) is 0 Å². The van der Waals surface area contributed by atoms with Gasteiger partial charge in [0.1, 0.15) is 6.04 Å². The maximum absolute atomic E-state index is 11.8. The lowest BCUT2D eigenvalue weighted by Crippen LogP contribution is -2.44. The second-order valence-electron chi connectivity index (χ2n) is 4.16. The van der Waals surface area contributed by atoms with E-state index in [1.54, 1.807) is 32.0 Å². The molecule has 4 N–H and O–H groups in total. The fraction of sp³-hybridized carbons (Fsp3) is 0.333. The number of carbonyl (C=O) groups excluding carboxylic acids is 1. The zero-order valence-corrected chi connectivity index (χ0v) is 9.81. The van der Waals surface area contributed by atoms with Crippen LogP contribution in [0.2, 0.25) is 0 Å². The van der Waals surface area contributed by atoms with Crippen molar-refractivity contribution in [2.24, 2.45) is 5.92 Å². The van der Waals surface area contributed by atoms with Gasteiger partial charge >= 0.3 is 5.97 Å². The first kappa shape index (κ1) is 13.0. The highest BCUT2D eigenvalue weighted by atomic mass is 16.4. The van der Waals surface area contributed by atoms with Gasteiger partial charge in [-0.15, -0.1) is 0 Å². The van der Waals surface area contributed by atoms with Crippen molar-refractivity contribution < 1.29 is 14.7 Å². The smallest absolute Gasteiger partial charge is 0.326 e. The molecule has 0 radical (unpaired) electrons. The molecule has 0 aromatic heterocycles. The molecule has 1 aromatic rings. The summed E-state index contributed by atoms with van der Waals surface area (Å²) in [5.74, 6) is -1.66. The Bertz CT molecular complexity index is 430. The summed E-state index contributed by atoms with van der Waals surface area (Å²) in [6, 6.07) is 5.51. The van der Waals surface area contributed by atoms with Crippen LogP contribution in [0.3, 0.4) is 0 Å². The first-order valence-corrected chi connectivity index (χ1v) is 5.31. The Morgan fingerprint density at radius 2 is 2.00 bits per heavy atom. The van der Waals surface area contributed by atoms with E-state index in [9.17, 15) is 9.59 Å². The second kappa shape index (κ2) is 5.34. The Labute approximate surface area is 99.6 Å². The van der Waals surface area contributed by atoms with Gasteiger partial charge in [-0.2, -0.15) is 0 Å². The summed E-state index contributed by atoms with van der Waals surface area (Å²) in [4.78, 5) is 22.7. The molecule has 0 heterocycles. The van der Waals surface area contributed by atoms with E-state index < -0.39 is 17.9 Å². The fourth-order valence-corrected chi connectivity index (χ4v) is 1.42. The van der Waals surface area contributed by atoms with Crippen molar-refractivity contribution >= 4 is 17.6 Å². The largest absolute Gasteiger partial charge is 0.480 e. The molecule has 5 nitrogen and oxygen atoms in total. The molecular formula is C12H16N2O3. The van der Waals surface area contributed by atoms with Crippen molar-refractivity contribution in [1.29, 1.82) is 0 Å². The topological polar surface area (TPSA) is 92.4 Å². The van der Waals surface area contributed by atoms with Gasteiger partial charge in [0.05, 0.1) is 0 Å². The molecule has 1 amide bonds. The van der Waals surface area contributed by atoms with Crippen LogP contribution in [0.1, 0.15) is 24.2 Å².